The van der Waals surface area contributed by atoms with Crippen LogP contribution in [0.4, 0.5) is 0 Å². The molecule has 8 nitrogen and oxygen atoms in total. The molecule has 0 spiro atoms. The van der Waals surface area contributed by atoms with E-state index in [1.54, 1.807) is 0 Å². The molecule has 132 valence electrons. The number of hydrogen-bond acceptors (Lipinski definition) is 5. The van der Waals surface area contributed by atoms with Gasteiger partial charge in [-0.2, -0.15) is 4.31 Å². The molecule has 1 aliphatic carbocycles. The quantitative estimate of drug-likeness (QED) is 0.683. The Bertz CT molecular complexity index is 808. The molecule has 0 unspecified atom stereocenters. The number of hydrogen-bond donors (Lipinski definition) is 1. The fraction of sp³-hybridized carbons (Fsp3) is 0.500. The lowest BCUT2D eigenvalue weighted by Crippen LogP contribution is -2.47. The Morgan fingerprint density at radius 1 is 0.917 bits per heavy atom. The van der Waals surface area contributed by atoms with Gasteiger partial charge in [0.25, 0.3) is 0 Å². The van der Waals surface area contributed by atoms with E-state index in [0.717, 1.165) is 12.8 Å². The summed E-state index contributed by atoms with van der Waals surface area (Å²) >= 11 is 0. The number of piperazine rings is 1. The van der Waals surface area contributed by atoms with E-state index in [9.17, 15) is 21.6 Å². The van der Waals surface area contributed by atoms with Crippen LogP contribution in [-0.4, -0.2) is 64.7 Å². The third kappa shape index (κ3) is 3.61. The van der Waals surface area contributed by atoms with Crippen molar-refractivity contribution in [3.8, 4) is 0 Å². The van der Waals surface area contributed by atoms with Crippen molar-refractivity contribution >= 4 is 26.5 Å². The number of carbonyl (C=O) groups is 1. The second-order valence-electron chi connectivity index (χ2n) is 5.91. The first kappa shape index (κ1) is 17.3. The maximum atomic E-state index is 12.6. The molecule has 1 aromatic carbocycles. The average Bonchev–Trinajstić information content (AvgIpc) is 3.38. The fourth-order valence-corrected chi connectivity index (χ4v) is 5.20. The highest BCUT2D eigenvalue weighted by Crippen LogP contribution is 2.23. The second-order valence-corrected chi connectivity index (χ2v) is 9.56. The largest absolute Gasteiger partial charge is 0.343 e. The second kappa shape index (κ2) is 6.43. The van der Waals surface area contributed by atoms with Crippen molar-refractivity contribution < 1.29 is 21.6 Å². The lowest BCUT2D eigenvalue weighted by molar-refractivity contribution is -0.119. The summed E-state index contributed by atoms with van der Waals surface area (Å²) in [5.74, 6) is 0. The molecule has 0 atom stereocenters. The van der Waals surface area contributed by atoms with Gasteiger partial charge >= 0.3 is 0 Å². The molecular weight excluding hydrogens is 354 g/mol. The Hall–Kier alpha value is -1.49. The summed E-state index contributed by atoms with van der Waals surface area (Å²) in [6.07, 6.45) is 2.37. The maximum absolute atomic E-state index is 12.6. The van der Waals surface area contributed by atoms with Crippen molar-refractivity contribution in [3.05, 3.63) is 24.3 Å². The van der Waals surface area contributed by atoms with E-state index >= 15 is 0 Å². The first-order chi connectivity index (χ1) is 11.3. The Labute approximate surface area is 141 Å². The summed E-state index contributed by atoms with van der Waals surface area (Å²) in [4.78, 5) is 12.3. The molecule has 2 fully saturated rings. The van der Waals surface area contributed by atoms with Crippen molar-refractivity contribution in [2.24, 2.45) is 0 Å². The Balaban J connectivity index is 1.76. The Morgan fingerprint density at radius 3 is 1.96 bits per heavy atom. The number of carbonyl (C=O) groups excluding carboxylic acids is 1. The molecule has 1 aromatic rings. The van der Waals surface area contributed by atoms with Gasteiger partial charge in [0.05, 0.1) is 9.79 Å². The zero-order chi connectivity index (χ0) is 17.4. The lowest BCUT2D eigenvalue weighted by Gasteiger charge is -2.31. The smallest absolute Gasteiger partial charge is 0.243 e. The molecule has 3 rings (SSSR count). The van der Waals surface area contributed by atoms with E-state index < -0.39 is 20.0 Å². The van der Waals surface area contributed by atoms with Crippen molar-refractivity contribution in [1.82, 2.24) is 13.9 Å². The van der Waals surface area contributed by atoms with Crippen LogP contribution in [0.5, 0.6) is 0 Å². The minimum absolute atomic E-state index is 0.00692. The normalized spacial score (nSPS) is 20.1. The zero-order valence-corrected chi connectivity index (χ0v) is 14.6. The summed E-state index contributed by atoms with van der Waals surface area (Å²) in [5.41, 5.74) is 0. The molecule has 1 saturated heterocycles. The standard InChI is InChI=1S/C14H19N3O5S2/c18-11-16-7-9-17(10-8-16)24(21,22)14-5-3-13(4-6-14)23(19,20)15-12-1-2-12/h3-6,11-12,15H,1-2,7-10H2. The highest BCUT2D eigenvalue weighted by molar-refractivity contribution is 7.89. The first-order valence-corrected chi connectivity index (χ1v) is 10.6. The third-order valence-electron chi connectivity index (χ3n) is 4.09. The van der Waals surface area contributed by atoms with Gasteiger partial charge < -0.3 is 4.90 Å². The van der Waals surface area contributed by atoms with Crippen molar-refractivity contribution in [2.45, 2.75) is 28.7 Å². The number of nitrogens with one attached hydrogen (secondary N) is 1. The Morgan fingerprint density at radius 2 is 1.46 bits per heavy atom. The van der Waals surface area contributed by atoms with Crippen LogP contribution in [0.2, 0.25) is 0 Å². The van der Waals surface area contributed by atoms with E-state index in [4.69, 9.17) is 0 Å². The first-order valence-electron chi connectivity index (χ1n) is 7.65. The predicted octanol–water partition coefficient (Wildman–Crippen LogP) is -0.410. The molecule has 1 heterocycles. The average molecular weight is 373 g/mol. The third-order valence-corrected chi connectivity index (χ3v) is 7.54. The number of rotatable bonds is 6. The van der Waals surface area contributed by atoms with Gasteiger partial charge in [-0.15, -0.1) is 0 Å². The molecule has 0 radical (unpaired) electrons. The predicted molar refractivity (Wildman–Crippen MR) is 86.2 cm³/mol. The van der Waals surface area contributed by atoms with Crippen LogP contribution in [0.25, 0.3) is 0 Å². The number of amides is 1. The SMILES string of the molecule is O=CN1CCN(S(=O)(=O)c2ccc(S(=O)(=O)NC3CC3)cc2)CC1. The molecular formula is C14H19N3O5S2. The molecule has 1 saturated carbocycles. The molecule has 1 aliphatic heterocycles. The van der Waals surface area contributed by atoms with E-state index in [0.29, 0.717) is 19.5 Å². The van der Waals surface area contributed by atoms with Gasteiger partial charge in [0.1, 0.15) is 0 Å². The zero-order valence-electron chi connectivity index (χ0n) is 13.0. The number of benzene rings is 1. The summed E-state index contributed by atoms with van der Waals surface area (Å²) in [7, 11) is -7.29. The van der Waals surface area contributed by atoms with Crippen molar-refractivity contribution in [3.63, 3.8) is 0 Å². The van der Waals surface area contributed by atoms with E-state index in [1.807, 2.05) is 0 Å². The molecule has 2 aliphatic rings. The van der Waals surface area contributed by atoms with Crippen LogP contribution in [0.15, 0.2) is 34.1 Å². The Kier molecular flexibility index (Phi) is 4.65. The van der Waals surface area contributed by atoms with Gasteiger partial charge in [-0.05, 0) is 37.1 Å². The monoisotopic (exact) mass is 373 g/mol. The summed E-state index contributed by atoms with van der Waals surface area (Å²) in [5, 5.41) is 0. The molecule has 0 bridgehead atoms. The van der Waals surface area contributed by atoms with Gasteiger partial charge in [-0.3, -0.25) is 4.79 Å². The van der Waals surface area contributed by atoms with Gasteiger partial charge in [0.15, 0.2) is 0 Å². The van der Waals surface area contributed by atoms with Crippen molar-refractivity contribution in [1.29, 1.82) is 0 Å². The van der Waals surface area contributed by atoms with E-state index in [1.165, 1.54) is 33.5 Å². The topological polar surface area (TPSA) is 104 Å². The van der Waals surface area contributed by atoms with Crippen LogP contribution < -0.4 is 4.72 Å². The molecule has 0 aromatic heterocycles. The maximum Gasteiger partial charge on any atom is 0.243 e. The summed E-state index contributed by atoms with van der Waals surface area (Å²) in [6.45, 7) is 1.15. The van der Waals surface area contributed by atoms with Crippen molar-refractivity contribution in [2.75, 3.05) is 26.2 Å². The molecule has 10 heteroatoms. The van der Waals surface area contributed by atoms with Gasteiger partial charge in [-0.1, -0.05) is 0 Å². The lowest BCUT2D eigenvalue weighted by atomic mass is 10.4. The van der Waals surface area contributed by atoms with E-state index in [2.05, 4.69) is 4.72 Å². The van der Waals surface area contributed by atoms with Crippen LogP contribution in [0.1, 0.15) is 12.8 Å². The number of nitrogens with zero attached hydrogens (tertiary/aromatic N) is 2. The molecule has 1 N–H and O–H groups in total. The minimum atomic E-state index is -3.69. The van der Waals surface area contributed by atoms with Gasteiger partial charge in [-0.25, -0.2) is 21.6 Å². The van der Waals surface area contributed by atoms with Gasteiger partial charge in [0.2, 0.25) is 26.5 Å². The molecule has 1 amide bonds. The van der Waals surface area contributed by atoms with Crippen LogP contribution >= 0.6 is 0 Å². The highest BCUT2D eigenvalue weighted by atomic mass is 32.2. The summed E-state index contributed by atoms with van der Waals surface area (Å²) < 4.78 is 53.2. The van der Waals surface area contributed by atoms with Crippen LogP contribution in [0, 0.1) is 0 Å². The van der Waals surface area contributed by atoms with Crippen LogP contribution in [0.3, 0.4) is 0 Å². The summed E-state index contributed by atoms with van der Waals surface area (Å²) in [6, 6.07) is 5.22. The highest BCUT2D eigenvalue weighted by Gasteiger charge is 2.30. The van der Waals surface area contributed by atoms with Crippen LogP contribution in [-0.2, 0) is 24.8 Å². The van der Waals surface area contributed by atoms with Gasteiger partial charge in [0, 0.05) is 32.2 Å². The fourth-order valence-electron chi connectivity index (χ4n) is 2.48. The number of sulfonamides is 2. The minimum Gasteiger partial charge on any atom is -0.343 e. The molecule has 24 heavy (non-hydrogen) atoms. The van der Waals surface area contributed by atoms with E-state index in [-0.39, 0.29) is 28.9 Å².